The second-order valence-corrected chi connectivity index (χ2v) is 8.17. The number of hydrogen-bond donors (Lipinski definition) is 1. The lowest BCUT2D eigenvalue weighted by Crippen LogP contribution is -2.30. The van der Waals surface area contributed by atoms with Crippen LogP contribution in [0.4, 0.5) is 5.69 Å². The molecule has 1 N–H and O–H groups in total. The fourth-order valence-corrected chi connectivity index (χ4v) is 5.01. The first-order valence-electron chi connectivity index (χ1n) is 8.68. The van der Waals surface area contributed by atoms with E-state index in [0.29, 0.717) is 43.0 Å². The average molecular weight is 429 g/mol. The standard InChI is InChI=1S/C22H12Cl3NO2/c23-13-9-18(28)22-16(26-10-4-2-1-3-5-10)7-12-14(24)8-17(27)21-15(25)6-11(13)20(22)19(12)21/h1-9,12,22,26H/t12-,22+/m1/s1. The van der Waals surface area contributed by atoms with Crippen molar-refractivity contribution in [1.29, 1.82) is 0 Å². The molecule has 3 aliphatic rings. The van der Waals surface area contributed by atoms with Gasteiger partial charge in [0.1, 0.15) is 0 Å². The third-order valence-electron chi connectivity index (χ3n) is 5.30. The number of carbonyl (C=O) groups excluding carboxylic acids is 2. The van der Waals surface area contributed by atoms with Crippen molar-refractivity contribution < 1.29 is 9.59 Å². The van der Waals surface area contributed by atoms with Gasteiger partial charge in [-0.25, -0.2) is 0 Å². The molecule has 2 aromatic carbocycles. The fraction of sp³-hybridized carbons (Fsp3) is 0.0909. The van der Waals surface area contributed by atoms with Crippen molar-refractivity contribution in [2.75, 3.05) is 5.32 Å². The zero-order chi connectivity index (χ0) is 19.6. The molecule has 3 aliphatic carbocycles. The third-order valence-corrected chi connectivity index (χ3v) is 6.26. The minimum absolute atomic E-state index is 0.145. The van der Waals surface area contributed by atoms with Crippen LogP contribution in [-0.2, 0) is 4.79 Å². The Balaban J connectivity index is 1.79. The summed E-state index contributed by atoms with van der Waals surface area (Å²) in [6, 6.07) is 11.2. The molecule has 0 aliphatic heterocycles. The van der Waals surface area contributed by atoms with Crippen LogP contribution in [0.1, 0.15) is 38.9 Å². The monoisotopic (exact) mass is 427 g/mol. The normalized spacial score (nSPS) is 22.2. The summed E-state index contributed by atoms with van der Waals surface area (Å²) in [5.41, 5.74) is 4.03. The SMILES string of the molecule is O=C1C=C(Cl)[C@H]2C=C(Nc3ccccc3)[C@H]3C(=O)C=C(Cl)c4cc(Cl)c1c2c43. The number of ketones is 2. The van der Waals surface area contributed by atoms with E-state index in [0.717, 1.165) is 5.69 Å². The van der Waals surface area contributed by atoms with Gasteiger partial charge >= 0.3 is 0 Å². The Kier molecular flexibility index (Phi) is 4.02. The highest BCUT2D eigenvalue weighted by atomic mass is 35.5. The first kappa shape index (κ1) is 17.7. The predicted molar refractivity (Wildman–Crippen MR) is 112 cm³/mol. The molecule has 0 radical (unpaired) electrons. The first-order chi connectivity index (χ1) is 13.5. The van der Waals surface area contributed by atoms with Gasteiger partial charge in [0.25, 0.3) is 0 Å². The highest BCUT2D eigenvalue weighted by Gasteiger charge is 2.43. The molecule has 0 bridgehead atoms. The van der Waals surface area contributed by atoms with Crippen molar-refractivity contribution in [3.8, 4) is 0 Å². The molecule has 5 rings (SSSR count). The lowest BCUT2D eigenvalue weighted by molar-refractivity contribution is -0.115. The quantitative estimate of drug-likeness (QED) is 0.638. The molecule has 2 atom stereocenters. The summed E-state index contributed by atoms with van der Waals surface area (Å²) in [4.78, 5) is 25.6. The molecule has 0 unspecified atom stereocenters. The molecule has 0 saturated heterocycles. The van der Waals surface area contributed by atoms with Crippen LogP contribution in [0.25, 0.3) is 5.03 Å². The van der Waals surface area contributed by atoms with Gasteiger partial charge in [0.2, 0.25) is 0 Å². The van der Waals surface area contributed by atoms with Crippen LogP contribution < -0.4 is 5.32 Å². The average Bonchev–Trinajstić information content (AvgIpc) is 2.65. The van der Waals surface area contributed by atoms with Gasteiger partial charge < -0.3 is 5.32 Å². The summed E-state index contributed by atoms with van der Waals surface area (Å²) < 4.78 is 0. The number of allylic oxidation sites excluding steroid dienone is 5. The Morgan fingerprint density at radius 3 is 2.43 bits per heavy atom. The van der Waals surface area contributed by atoms with Crippen LogP contribution in [0.5, 0.6) is 0 Å². The summed E-state index contributed by atoms with van der Waals surface area (Å²) in [7, 11) is 0. The number of carbonyl (C=O) groups is 2. The van der Waals surface area contributed by atoms with Gasteiger partial charge in [0.15, 0.2) is 11.6 Å². The van der Waals surface area contributed by atoms with Gasteiger partial charge in [-0.1, -0.05) is 59.1 Å². The Hall–Kier alpha value is -2.33. The molecule has 0 spiro atoms. The summed E-state index contributed by atoms with van der Waals surface area (Å²) in [6.45, 7) is 0. The molecule has 6 heteroatoms. The van der Waals surface area contributed by atoms with Gasteiger partial charge in [0.05, 0.1) is 16.0 Å². The number of anilines is 1. The maximum absolute atomic E-state index is 13.0. The molecular formula is C22H12Cl3NO2. The summed E-state index contributed by atoms with van der Waals surface area (Å²) in [5.74, 6) is -1.35. The van der Waals surface area contributed by atoms with Crippen LogP contribution in [0.3, 0.4) is 0 Å². The van der Waals surface area contributed by atoms with Gasteiger partial charge in [0, 0.05) is 40.1 Å². The Morgan fingerprint density at radius 1 is 0.929 bits per heavy atom. The van der Waals surface area contributed by atoms with Crippen LogP contribution >= 0.6 is 34.8 Å². The van der Waals surface area contributed by atoms with Gasteiger partial charge in [-0.15, -0.1) is 0 Å². The van der Waals surface area contributed by atoms with E-state index in [4.69, 9.17) is 34.8 Å². The Labute approximate surface area is 176 Å². The molecule has 28 heavy (non-hydrogen) atoms. The highest BCUT2D eigenvalue weighted by molar-refractivity contribution is 6.51. The van der Waals surface area contributed by atoms with Gasteiger partial charge in [-0.3, -0.25) is 9.59 Å². The van der Waals surface area contributed by atoms with Gasteiger partial charge in [-0.05, 0) is 34.9 Å². The summed E-state index contributed by atoms with van der Waals surface area (Å²) in [5, 5.41) is 4.38. The highest BCUT2D eigenvalue weighted by Crippen LogP contribution is 2.53. The summed E-state index contributed by atoms with van der Waals surface area (Å²) >= 11 is 19.3. The number of nitrogens with one attached hydrogen (secondary N) is 1. The largest absolute Gasteiger partial charge is 0.358 e. The van der Waals surface area contributed by atoms with E-state index in [1.54, 1.807) is 6.07 Å². The van der Waals surface area contributed by atoms with Crippen LogP contribution in [0.2, 0.25) is 5.02 Å². The second-order valence-electron chi connectivity index (χ2n) is 6.92. The van der Waals surface area contributed by atoms with Crippen molar-refractivity contribution in [3.63, 3.8) is 0 Å². The van der Waals surface area contributed by atoms with Crippen molar-refractivity contribution in [3.05, 3.63) is 92.6 Å². The molecule has 3 nitrogen and oxygen atoms in total. The molecule has 0 saturated carbocycles. The van der Waals surface area contributed by atoms with E-state index in [9.17, 15) is 9.59 Å². The van der Waals surface area contributed by atoms with Crippen LogP contribution in [-0.4, -0.2) is 11.6 Å². The van der Waals surface area contributed by atoms with E-state index < -0.39 is 5.92 Å². The molecule has 0 heterocycles. The summed E-state index contributed by atoms with van der Waals surface area (Å²) in [6.07, 6.45) is 4.71. The Morgan fingerprint density at radius 2 is 1.68 bits per heavy atom. The van der Waals surface area contributed by atoms with Crippen molar-refractivity contribution >= 4 is 57.1 Å². The topological polar surface area (TPSA) is 46.2 Å². The maximum atomic E-state index is 13.0. The van der Waals surface area contributed by atoms with Crippen molar-refractivity contribution in [2.24, 2.45) is 0 Å². The van der Waals surface area contributed by atoms with E-state index in [1.807, 2.05) is 36.4 Å². The molecular weight excluding hydrogens is 417 g/mol. The smallest absolute Gasteiger partial charge is 0.188 e. The zero-order valence-electron chi connectivity index (χ0n) is 14.3. The van der Waals surface area contributed by atoms with Crippen molar-refractivity contribution in [1.82, 2.24) is 0 Å². The fourth-order valence-electron chi connectivity index (χ4n) is 4.17. The lowest BCUT2D eigenvalue weighted by atomic mass is 9.69. The van der Waals surface area contributed by atoms with Crippen molar-refractivity contribution in [2.45, 2.75) is 11.8 Å². The number of rotatable bonds is 2. The first-order valence-corrected chi connectivity index (χ1v) is 9.82. The van der Waals surface area contributed by atoms with E-state index in [-0.39, 0.29) is 17.5 Å². The third kappa shape index (κ3) is 2.51. The van der Waals surface area contributed by atoms with Gasteiger partial charge in [-0.2, -0.15) is 0 Å². The molecule has 138 valence electrons. The number of para-hydroxylation sites is 1. The van der Waals surface area contributed by atoms with Crippen LogP contribution in [0, 0.1) is 0 Å². The molecule has 0 aromatic heterocycles. The van der Waals surface area contributed by atoms with E-state index in [1.165, 1.54) is 12.2 Å². The zero-order valence-corrected chi connectivity index (χ0v) is 16.6. The number of halogens is 3. The van der Waals surface area contributed by atoms with Crippen LogP contribution in [0.15, 0.2) is 65.4 Å². The molecule has 0 amide bonds. The minimum Gasteiger partial charge on any atom is -0.358 e. The number of benzene rings is 2. The molecule has 2 aromatic rings. The maximum Gasteiger partial charge on any atom is 0.188 e. The second kappa shape index (κ2) is 6.35. The predicted octanol–water partition coefficient (Wildman–Crippen LogP) is 6.00. The molecule has 0 fully saturated rings. The number of hydrogen-bond acceptors (Lipinski definition) is 3. The van der Waals surface area contributed by atoms with E-state index in [2.05, 4.69) is 5.32 Å². The minimum atomic E-state index is -0.588. The van der Waals surface area contributed by atoms with E-state index >= 15 is 0 Å². The lowest BCUT2D eigenvalue weighted by Gasteiger charge is -2.37. The Bertz CT molecular complexity index is 1160.